The van der Waals surface area contributed by atoms with E-state index in [1.165, 1.54) is 11.1 Å². The van der Waals surface area contributed by atoms with Gasteiger partial charge in [0.2, 0.25) is 0 Å². The summed E-state index contributed by atoms with van der Waals surface area (Å²) in [6.07, 6.45) is 0. The minimum absolute atomic E-state index is 0.392. The number of aromatic nitrogens is 1. The molecule has 0 saturated carbocycles. The maximum absolute atomic E-state index is 11.9. The molecule has 0 saturated heterocycles. The highest BCUT2D eigenvalue weighted by molar-refractivity contribution is 5.91. The lowest BCUT2D eigenvalue weighted by Crippen LogP contribution is -2.15. The zero-order valence-electron chi connectivity index (χ0n) is 15.4. The number of carboxylic acids is 1. The first-order valence-corrected chi connectivity index (χ1v) is 8.74. The number of benzene rings is 2. The predicted octanol–water partition coefficient (Wildman–Crippen LogP) is 4.39. The largest absolute Gasteiger partial charge is 0.478 e. The van der Waals surface area contributed by atoms with Crippen LogP contribution in [0.3, 0.4) is 0 Å². The molecule has 0 aliphatic carbocycles. The minimum atomic E-state index is -0.882. The van der Waals surface area contributed by atoms with E-state index in [0.717, 1.165) is 22.6 Å². The fourth-order valence-electron chi connectivity index (χ4n) is 3.41. The summed E-state index contributed by atoms with van der Waals surface area (Å²) in [4.78, 5) is 11.9. The first-order chi connectivity index (χ1) is 12.5. The van der Waals surface area contributed by atoms with Crippen LogP contribution in [-0.2, 0) is 13.1 Å². The van der Waals surface area contributed by atoms with E-state index in [2.05, 4.69) is 17.4 Å². The molecule has 0 bridgehead atoms. The van der Waals surface area contributed by atoms with Crippen molar-refractivity contribution in [3.63, 3.8) is 0 Å². The maximum atomic E-state index is 11.9. The van der Waals surface area contributed by atoms with Crippen molar-refractivity contribution in [3.05, 3.63) is 88.2 Å². The molecule has 3 rings (SSSR count). The van der Waals surface area contributed by atoms with Crippen LogP contribution in [0.25, 0.3) is 5.69 Å². The highest BCUT2D eigenvalue weighted by Gasteiger charge is 2.23. The van der Waals surface area contributed by atoms with E-state index in [0.29, 0.717) is 18.7 Å². The van der Waals surface area contributed by atoms with Gasteiger partial charge in [0, 0.05) is 35.7 Å². The molecule has 0 spiro atoms. The molecule has 4 heteroatoms. The van der Waals surface area contributed by atoms with Gasteiger partial charge in [-0.2, -0.15) is 0 Å². The molecule has 26 heavy (non-hydrogen) atoms. The molecule has 0 aliphatic rings. The van der Waals surface area contributed by atoms with E-state index in [1.807, 2.05) is 67.8 Å². The normalized spacial score (nSPS) is 10.9. The molecule has 2 N–H and O–H groups in total. The van der Waals surface area contributed by atoms with E-state index < -0.39 is 5.97 Å². The molecule has 0 aliphatic heterocycles. The van der Waals surface area contributed by atoms with Gasteiger partial charge in [0.05, 0.1) is 5.56 Å². The fraction of sp³-hybridized carbons (Fsp3) is 0.227. The summed E-state index contributed by atoms with van der Waals surface area (Å²) in [6.45, 7) is 7.12. The number of rotatable bonds is 6. The van der Waals surface area contributed by atoms with Gasteiger partial charge in [0.25, 0.3) is 0 Å². The van der Waals surface area contributed by atoms with Gasteiger partial charge in [-0.1, -0.05) is 48.0 Å². The number of nitrogens with one attached hydrogen (secondary N) is 1. The average Bonchev–Trinajstić information content (AvgIpc) is 2.87. The van der Waals surface area contributed by atoms with E-state index >= 15 is 0 Å². The summed E-state index contributed by atoms with van der Waals surface area (Å²) in [6, 6.07) is 18.3. The molecule has 1 aromatic heterocycles. The molecule has 3 aromatic rings. The predicted molar refractivity (Wildman–Crippen MR) is 104 cm³/mol. The van der Waals surface area contributed by atoms with Gasteiger partial charge < -0.3 is 15.0 Å². The van der Waals surface area contributed by atoms with Crippen molar-refractivity contribution in [2.45, 2.75) is 33.9 Å². The Kier molecular flexibility index (Phi) is 5.24. The third kappa shape index (κ3) is 3.55. The van der Waals surface area contributed by atoms with Gasteiger partial charge in [0.15, 0.2) is 0 Å². The second-order valence-electron chi connectivity index (χ2n) is 6.59. The fourth-order valence-corrected chi connectivity index (χ4v) is 3.41. The number of hydrogen-bond acceptors (Lipinski definition) is 2. The number of aryl methyl sites for hydroxylation is 1. The van der Waals surface area contributed by atoms with Gasteiger partial charge in [-0.3, -0.25) is 0 Å². The minimum Gasteiger partial charge on any atom is -0.478 e. The van der Waals surface area contributed by atoms with Crippen LogP contribution in [0, 0.1) is 20.8 Å². The highest BCUT2D eigenvalue weighted by Crippen LogP contribution is 2.26. The van der Waals surface area contributed by atoms with Crippen molar-refractivity contribution in [2.75, 3.05) is 0 Å². The van der Waals surface area contributed by atoms with Crippen LogP contribution in [-0.4, -0.2) is 15.6 Å². The summed E-state index contributed by atoms with van der Waals surface area (Å²) >= 11 is 0. The molecular weight excluding hydrogens is 324 g/mol. The van der Waals surface area contributed by atoms with Crippen LogP contribution < -0.4 is 5.32 Å². The first-order valence-electron chi connectivity index (χ1n) is 8.74. The standard InChI is InChI=1S/C22H24N2O2/c1-15-9-11-19(12-10-15)24-16(2)20(21(17(24)3)22(25)26)14-23-13-18-7-5-4-6-8-18/h4-12,23H,13-14H2,1-3H3,(H,25,26). The zero-order chi connectivity index (χ0) is 18.7. The number of aromatic carboxylic acids is 1. The molecule has 0 amide bonds. The quantitative estimate of drug-likeness (QED) is 0.694. The van der Waals surface area contributed by atoms with Crippen molar-refractivity contribution < 1.29 is 9.90 Å². The second kappa shape index (κ2) is 7.58. The van der Waals surface area contributed by atoms with Crippen LogP contribution in [0.15, 0.2) is 54.6 Å². The summed E-state index contributed by atoms with van der Waals surface area (Å²) < 4.78 is 2.03. The Balaban J connectivity index is 1.92. The zero-order valence-corrected chi connectivity index (χ0v) is 15.4. The average molecular weight is 348 g/mol. The Hall–Kier alpha value is -2.85. The Bertz CT molecular complexity index is 910. The summed E-state index contributed by atoms with van der Waals surface area (Å²) in [5, 5.41) is 13.1. The second-order valence-corrected chi connectivity index (χ2v) is 6.59. The number of nitrogens with zero attached hydrogens (tertiary/aromatic N) is 1. The van der Waals surface area contributed by atoms with Crippen molar-refractivity contribution >= 4 is 5.97 Å². The molecule has 134 valence electrons. The van der Waals surface area contributed by atoms with Crippen molar-refractivity contribution in [1.82, 2.24) is 9.88 Å². The topological polar surface area (TPSA) is 54.3 Å². The van der Waals surface area contributed by atoms with Gasteiger partial charge in [-0.15, -0.1) is 0 Å². The molecule has 0 unspecified atom stereocenters. The van der Waals surface area contributed by atoms with Gasteiger partial charge in [-0.05, 0) is 38.5 Å². The maximum Gasteiger partial charge on any atom is 0.337 e. The Labute approximate surface area is 154 Å². The Morgan fingerprint density at radius 3 is 2.19 bits per heavy atom. The molecule has 0 atom stereocenters. The Morgan fingerprint density at radius 1 is 0.923 bits per heavy atom. The molecule has 1 heterocycles. The van der Waals surface area contributed by atoms with Crippen LogP contribution in [0.5, 0.6) is 0 Å². The number of hydrogen-bond donors (Lipinski definition) is 2. The highest BCUT2D eigenvalue weighted by atomic mass is 16.4. The molecule has 4 nitrogen and oxygen atoms in total. The van der Waals surface area contributed by atoms with Gasteiger partial charge in [0.1, 0.15) is 0 Å². The van der Waals surface area contributed by atoms with E-state index in [-0.39, 0.29) is 0 Å². The van der Waals surface area contributed by atoms with Gasteiger partial charge >= 0.3 is 5.97 Å². The molecular formula is C22H24N2O2. The molecule has 2 aromatic carbocycles. The third-order valence-electron chi connectivity index (χ3n) is 4.75. The lowest BCUT2D eigenvalue weighted by atomic mass is 10.1. The first kappa shape index (κ1) is 18.0. The van der Waals surface area contributed by atoms with Crippen molar-refractivity contribution in [3.8, 4) is 5.69 Å². The van der Waals surface area contributed by atoms with E-state index in [1.54, 1.807) is 0 Å². The summed E-state index contributed by atoms with van der Waals surface area (Å²) in [7, 11) is 0. The van der Waals surface area contributed by atoms with Crippen LogP contribution >= 0.6 is 0 Å². The lowest BCUT2D eigenvalue weighted by Gasteiger charge is -2.10. The molecule has 0 fully saturated rings. The van der Waals surface area contributed by atoms with Crippen LogP contribution in [0.4, 0.5) is 0 Å². The van der Waals surface area contributed by atoms with Crippen molar-refractivity contribution in [2.24, 2.45) is 0 Å². The Morgan fingerprint density at radius 2 is 1.58 bits per heavy atom. The van der Waals surface area contributed by atoms with Crippen LogP contribution in [0.1, 0.15) is 38.4 Å². The molecule has 0 radical (unpaired) electrons. The third-order valence-corrected chi connectivity index (χ3v) is 4.75. The lowest BCUT2D eigenvalue weighted by molar-refractivity contribution is 0.0695. The summed E-state index contributed by atoms with van der Waals surface area (Å²) in [5.74, 6) is -0.882. The van der Waals surface area contributed by atoms with E-state index in [4.69, 9.17) is 0 Å². The van der Waals surface area contributed by atoms with Crippen molar-refractivity contribution in [1.29, 1.82) is 0 Å². The summed E-state index contributed by atoms with van der Waals surface area (Å²) in [5.41, 5.74) is 6.30. The van der Waals surface area contributed by atoms with Gasteiger partial charge in [-0.25, -0.2) is 4.79 Å². The van der Waals surface area contributed by atoms with E-state index in [9.17, 15) is 9.90 Å². The number of carbonyl (C=O) groups is 1. The number of carboxylic acid groups (broad SMARTS) is 1. The smallest absolute Gasteiger partial charge is 0.337 e. The van der Waals surface area contributed by atoms with Crippen LogP contribution in [0.2, 0.25) is 0 Å². The SMILES string of the molecule is Cc1ccc(-n2c(C)c(CNCc3ccccc3)c(C(=O)O)c2C)cc1. The monoisotopic (exact) mass is 348 g/mol.